The van der Waals surface area contributed by atoms with Crippen LogP contribution in [-0.2, 0) is 6.42 Å². The first-order valence-electron chi connectivity index (χ1n) is 9.11. The minimum atomic E-state index is -0.112. The zero-order valence-corrected chi connectivity index (χ0v) is 16.1. The molecule has 0 aliphatic rings. The molecule has 0 aliphatic heterocycles. The Bertz CT molecular complexity index is 926. The smallest absolute Gasteiger partial charge is 0.253 e. The van der Waals surface area contributed by atoms with Crippen molar-refractivity contribution in [2.75, 3.05) is 26.1 Å². The second kappa shape index (κ2) is 9.46. The van der Waals surface area contributed by atoms with Crippen molar-refractivity contribution in [3.8, 4) is 11.5 Å². The van der Waals surface area contributed by atoms with Crippen molar-refractivity contribution in [3.63, 3.8) is 0 Å². The maximum absolute atomic E-state index is 12.7. The van der Waals surface area contributed by atoms with Gasteiger partial charge >= 0.3 is 0 Å². The maximum atomic E-state index is 12.7. The number of benzene rings is 3. The average molecular weight is 376 g/mol. The van der Waals surface area contributed by atoms with E-state index in [0.717, 1.165) is 16.9 Å². The lowest BCUT2D eigenvalue weighted by atomic mass is 10.1. The molecule has 28 heavy (non-hydrogen) atoms. The van der Waals surface area contributed by atoms with Crippen molar-refractivity contribution in [1.29, 1.82) is 0 Å². The van der Waals surface area contributed by atoms with Gasteiger partial charge < -0.3 is 20.1 Å². The largest absolute Gasteiger partial charge is 0.493 e. The number of ether oxygens (including phenoxy) is 2. The summed E-state index contributed by atoms with van der Waals surface area (Å²) in [6.45, 7) is 0.522. The first kappa shape index (κ1) is 19.3. The van der Waals surface area contributed by atoms with E-state index in [4.69, 9.17) is 9.47 Å². The third-order valence-corrected chi connectivity index (χ3v) is 4.37. The minimum absolute atomic E-state index is 0.112. The number of hydrogen-bond donors (Lipinski definition) is 2. The molecule has 0 unspecified atom stereocenters. The number of anilines is 2. The first-order valence-corrected chi connectivity index (χ1v) is 9.11. The molecular weight excluding hydrogens is 352 g/mol. The van der Waals surface area contributed by atoms with Gasteiger partial charge in [0.2, 0.25) is 0 Å². The van der Waals surface area contributed by atoms with Crippen LogP contribution in [0.1, 0.15) is 15.9 Å². The van der Waals surface area contributed by atoms with Gasteiger partial charge in [-0.3, -0.25) is 4.79 Å². The molecular formula is C23H24N2O3. The fourth-order valence-corrected chi connectivity index (χ4v) is 2.92. The highest BCUT2D eigenvalue weighted by atomic mass is 16.5. The molecule has 2 N–H and O–H groups in total. The fraction of sp³-hybridized carbons (Fsp3) is 0.174. The van der Waals surface area contributed by atoms with Crippen molar-refractivity contribution < 1.29 is 14.3 Å². The van der Waals surface area contributed by atoms with Gasteiger partial charge in [0.15, 0.2) is 11.5 Å². The second-order valence-electron chi connectivity index (χ2n) is 6.23. The highest BCUT2D eigenvalue weighted by Gasteiger charge is 2.11. The molecule has 0 atom stereocenters. The van der Waals surface area contributed by atoms with E-state index in [1.165, 1.54) is 0 Å². The van der Waals surface area contributed by atoms with Crippen LogP contribution in [-0.4, -0.2) is 26.7 Å². The summed E-state index contributed by atoms with van der Waals surface area (Å²) in [5.41, 5.74) is 3.39. The molecule has 5 heteroatoms. The van der Waals surface area contributed by atoms with Crippen LogP contribution < -0.4 is 20.1 Å². The van der Waals surface area contributed by atoms with Gasteiger partial charge in [-0.25, -0.2) is 0 Å². The van der Waals surface area contributed by atoms with Gasteiger partial charge in [-0.2, -0.15) is 0 Å². The Morgan fingerprint density at radius 2 is 1.57 bits per heavy atom. The summed E-state index contributed by atoms with van der Waals surface area (Å²) in [5, 5.41) is 6.29. The number of hydrogen-bond acceptors (Lipinski definition) is 4. The van der Waals surface area contributed by atoms with Gasteiger partial charge in [-0.1, -0.05) is 36.4 Å². The van der Waals surface area contributed by atoms with Crippen molar-refractivity contribution in [3.05, 3.63) is 83.9 Å². The van der Waals surface area contributed by atoms with E-state index in [9.17, 15) is 4.79 Å². The monoisotopic (exact) mass is 376 g/mol. The number of methoxy groups -OCH3 is 2. The number of nitrogens with one attached hydrogen (secondary N) is 2. The summed E-state index contributed by atoms with van der Waals surface area (Å²) in [5.74, 6) is 1.26. The van der Waals surface area contributed by atoms with E-state index in [0.29, 0.717) is 30.0 Å². The van der Waals surface area contributed by atoms with E-state index in [1.807, 2.05) is 72.8 Å². The topological polar surface area (TPSA) is 59.6 Å². The summed E-state index contributed by atoms with van der Waals surface area (Å²) >= 11 is 0. The van der Waals surface area contributed by atoms with Crippen LogP contribution in [0.2, 0.25) is 0 Å². The molecule has 3 rings (SSSR count). The fourth-order valence-electron chi connectivity index (χ4n) is 2.92. The summed E-state index contributed by atoms with van der Waals surface area (Å²) in [6, 6.07) is 23.0. The Balaban J connectivity index is 1.63. The highest BCUT2D eigenvalue weighted by Crippen LogP contribution is 2.27. The molecule has 0 aliphatic carbocycles. The Kier molecular flexibility index (Phi) is 6.52. The third kappa shape index (κ3) is 4.82. The second-order valence-corrected chi connectivity index (χ2v) is 6.23. The molecule has 144 valence electrons. The number of carbonyl (C=O) groups excluding carboxylic acids is 1. The number of para-hydroxylation sites is 2. The third-order valence-electron chi connectivity index (χ3n) is 4.37. The highest BCUT2D eigenvalue weighted by molar-refractivity contribution is 6.00. The molecule has 0 heterocycles. The predicted octanol–water partition coefficient (Wildman–Crippen LogP) is 4.42. The quantitative estimate of drug-likeness (QED) is 0.611. The average Bonchev–Trinajstić information content (AvgIpc) is 2.74. The Hall–Kier alpha value is -3.47. The van der Waals surface area contributed by atoms with E-state index < -0.39 is 0 Å². The van der Waals surface area contributed by atoms with Gasteiger partial charge in [0.05, 0.1) is 25.5 Å². The van der Waals surface area contributed by atoms with Crippen molar-refractivity contribution in [1.82, 2.24) is 5.32 Å². The van der Waals surface area contributed by atoms with Crippen LogP contribution in [0.3, 0.4) is 0 Å². The Morgan fingerprint density at radius 3 is 2.32 bits per heavy atom. The molecule has 5 nitrogen and oxygen atoms in total. The first-order chi connectivity index (χ1) is 13.7. The molecule has 3 aromatic carbocycles. The molecule has 1 amide bonds. The van der Waals surface area contributed by atoms with Crippen LogP contribution in [0, 0.1) is 0 Å². The molecule has 0 radical (unpaired) electrons. The molecule has 0 saturated heterocycles. The van der Waals surface area contributed by atoms with Crippen molar-refractivity contribution in [2.45, 2.75) is 6.42 Å². The SMILES string of the molecule is COc1ccc(CCNC(=O)c2ccccc2Nc2ccccc2)cc1OC. The number of amides is 1. The predicted molar refractivity (Wildman–Crippen MR) is 112 cm³/mol. The van der Waals surface area contributed by atoms with E-state index in [-0.39, 0.29) is 5.91 Å². The van der Waals surface area contributed by atoms with Gasteiger partial charge in [-0.15, -0.1) is 0 Å². The van der Waals surface area contributed by atoms with Crippen molar-refractivity contribution in [2.24, 2.45) is 0 Å². The van der Waals surface area contributed by atoms with Gasteiger partial charge in [0.25, 0.3) is 5.91 Å². The Labute approximate surface area is 165 Å². The molecule has 0 fully saturated rings. The van der Waals surface area contributed by atoms with Gasteiger partial charge in [0.1, 0.15) is 0 Å². The van der Waals surface area contributed by atoms with Crippen LogP contribution in [0.5, 0.6) is 11.5 Å². The summed E-state index contributed by atoms with van der Waals surface area (Å²) < 4.78 is 10.6. The standard InChI is InChI=1S/C23H24N2O3/c1-27-21-13-12-17(16-22(21)28-2)14-15-24-23(26)19-10-6-7-11-20(19)25-18-8-4-3-5-9-18/h3-13,16,25H,14-15H2,1-2H3,(H,24,26). The summed E-state index contributed by atoms with van der Waals surface area (Å²) in [6.07, 6.45) is 0.695. The van der Waals surface area contributed by atoms with Crippen molar-refractivity contribution >= 4 is 17.3 Å². The maximum Gasteiger partial charge on any atom is 0.253 e. The zero-order valence-electron chi connectivity index (χ0n) is 16.1. The van der Waals surface area contributed by atoms with E-state index in [2.05, 4.69) is 10.6 Å². The Morgan fingerprint density at radius 1 is 0.857 bits per heavy atom. The van der Waals surface area contributed by atoms with Crippen LogP contribution in [0.15, 0.2) is 72.8 Å². The van der Waals surface area contributed by atoms with E-state index >= 15 is 0 Å². The lowest BCUT2D eigenvalue weighted by Crippen LogP contribution is -2.26. The lowest BCUT2D eigenvalue weighted by Gasteiger charge is -2.13. The normalized spacial score (nSPS) is 10.2. The number of rotatable bonds is 8. The van der Waals surface area contributed by atoms with Gasteiger partial charge in [-0.05, 0) is 48.4 Å². The van der Waals surface area contributed by atoms with Crippen LogP contribution >= 0.6 is 0 Å². The van der Waals surface area contributed by atoms with Gasteiger partial charge in [0, 0.05) is 12.2 Å². The lowest BCUT2D eigenvalue weighted by molar-refractivity contribution is 0.0955. The molecule has 0 spiro atoms. The van der Waals surface area contributed by atoms with Crippen LogP contribution in [0.25, 0.3) is 0 Å². The molecule has 0 saturated carbocycles. The summed E-state index contributed by atoms with van der Waals surface area (Å²) in [4.78, 5) is 12.7. The number of carbonyl (C=O) groups is 1. The minimum Gasteiger partial charge on any atom is -0.493 e. The summed E-state index contributed by atoms with van der Waals surface area (Å²) in [7, 11) is 3.22. The molecule has 0 bridgehead atoms. The van der Waals surface area contributed by atoms with Crippen LogP contribution in [0.4, 0.5) is 11.4 Å². The zero-order chi connectivity index (χ0) is 19.8. The molecule has 0 aromatic heterocycles. The van der Waals surface area contributed by atoms with E-state index in [1.54, 1.807) is 14.2 Å². The molecule has 3 aromatic rings.